The van der Waals surface area contributed by atoms with Gasteiger partial charge in [0.2, 0.25) is 0 Å². The second kappa shape index (κ2) is 4.21. The highest BCUT2D eigenvalue weighted by molar-refractivity contribution is 5.84. The molecule has 12 heavy (non-hydrogen) atoms. The van der Waals surface area contributed by atoms with E-state index in [1.165, 1.54) is 0 Å². The van der Waals surface area contributed by atoms with Crippen molar-refractivity contribution >= 4 is 11.8 Å². The zero-order valence-corrected chi connectivity index (χ0v) is 6.78. The molecule has 1 N–H and O–H groups in total. The fourth-order valence-electron chi connectivity index (χ4n) is 1.22. The van der Waals surface area contributed by atoms with E-state index in [9.17, 15) is 9.59 Å². The summed E-state index contributed by atoms with van der Waals surface area (Å²) in [7, 11) is 0. The Morgan fingerprint density at radius 3 is 3.00 bits per heavy atom. The minimum Gasteiger partial charge on any atom is -0.481 e. The van der Waals surface area contributed by atoms with Gasteiger partial charge in [-0.1, -0.05) is 0 Å². The molecule has 1 unspecified atom stereocenters. The number of carboxylic acid groups (broad SMARTS) is 1. The molecule has 0 aromatic carbocycles. The van der Waals surface area contributed by atoms with Gasteiger partial charge in [-0.15, -0.1) is 0 Å². The van der Waals surface area contributed by atoms with Crippen molar-refractivity contribution in [2.75, 3.05) is 6.61 Å². The molecule has 0 aromatic heterocycles. The van der Waals surface area contributed by atoms with Crippen LogP contribution in [0.3, 0.4) is 0 Å². The fourth-order valence-corrected chi connectivity index (χ4v) is 1.22. The standard InChI is InChI=1S/C8H12O4/c9-6-2-1-5-12-7(6)3-4-8(10)11/h7H,1-5H2,(H,10,11). The summed E-state index contributed by atoms with van der Waals surface area (Å²) in [6, 6.07) is 0. The van der Waals surface area contributed by atoms with Crippen LogP contribution in [0.1, 0.15) is 25.7 Å². The van der Waals surface area contributed by atoms with E-state index in [1.807, 2.05) is 0 Å². The molecule has 1 saturated heterocycles. The second-order valence-corrected chi connectivity index (χ2v) is 2.86. The molecule has 0 aliphatic carbocycles. The molecule has 1 heterocycles. The van der Waals surface area contributed by atoms with E-state index < -0.39 is 12.1 Å². The molecule has 1 rings (SSSR count). The zero-order valence-electron chi connectivity index (χ0n) is 6.78. The average molecular weight is 172 g/mol. The summed E-state index contributed by atoms with van der Waals surface area (Å²) < 4.78 is 5.13. The summed E-state index contributed by atoms with van der Waals surface area (Å²) in [5.74, 6) is -0.834. The first-order chi connectivity index (χ1) is 5.70. The van der Waals surface area contributed by atoms with E-state index in [-0.39, 0.29) is 12.2 Å². The van der Waals surface area contributed by atoms with E-state index in [0.717, 1.165) is 6.42 Å². The van der Waals surface area contributed by atoms with E-state index in [4.69, 9.17) is 9.84 Å². The van der Waals surface area contributed by atoms with Gasteiger partial charge in [-0.25, -0.2) is 0 Å². The third-order valence-corrected chi connectivity index (χ3v) is 1.87. The third-order valence-electron chi connectivity index (χ3n) is 1.87. The van der Waals surface area contributed by atoms with Crippen molar-refractivity contribution in [2.24, 2.45) is 0 Å². The normalized spacial score (nSPS) is 24.0. The summed E-state index contributed by atoms with van der Waals surface area (Å²) in [5.41, 5.74) is 0. The van der Waals surface area contributed by atoms with Gasteiger partial charge in [0, 0.05) is 19.4 Å². The minimum absolute atomic E-state index is 0.0103. The highest BCUT2D eigenvalue weighted by Gasteiger charge is 2.23. The van der Waals surface area contributed by atoms with Crippen molar-refractivity contribution in [3.05, 3.63) is 0 Å². The van der Waals surface area contributed by atoms with Crippen LogP contribution in [0.15, 0.2) is 0 Å². The first-order valence-corrected chi connectivity index (χ1v) is 4.06. The number of Topliss-reactive ketones (excluding diaryl/α,β-unsaturated/α-hetero) is 1. The quantitative estimate of drug-likeness (QED) is 0.677. The number of hydrogen-bond donors (Lipinski definition) is 1. The van der Waals surface area contributed by atoms with Gasteiger partial charge in [-0.2, -0.15) is 0 Å². The van der Waals surface area contributed by atoms with Crippen LogP contribution in [-0.2, 0) is 14.3 Å². The highest BCUT2D eigenvalue weighted by atomic mass is 16.5. The molecule has 0 spiro atoms. The summed E-state index contributed by atoms with van der Waals surface area (Å²) in [6.45, 7) is 0.579. The van der Waals surface area contributed by atoms with Gasteiger partial charge in [0.1, 0.15) is 6.10 Å². The second-order valence-electron chi connectivity index (χ2n) is 2.86. The van der Waals surface area contributed by atoms with E-state index in [2.05, 4.69) is 0 Å². The molecule has 0 amide bonds. The maximum absolute atomic E-state index is 11.1. The lowest BCUT2D eigenvalue weighted by Gasteiger charge is -2.20. The predicted molar refractivity (Wildman–Crippen MR) is 40.9 cm³/mol. The maximum Gasteiger partial charge on any atom is 0.303 e. The van der Waals surface area contributed by atoms with E-state index in [0.29, 0.717) is 19.4 Å². The number of aliphatic carboxylic acids is 1. The van der Waals surface area contributed by atoms with Crippen LogP contribution >= 0.6 is 0 Å². The number of ether oxygens (including phenoxy) is 1. The van der Waals surface area contributed by atoms with Gasteiger partial charge in [0.15, 0.2) is 5.78 Å². The Balaban J connectivity index is 2.29. The molecule has 68 valence electrons. The molecule has 4 heteroatoms. The average Bonchev–Trinajstić information content (AvgIpc) is 2.03. The summed E-state index contributed by atoms with van der Waals surface area (Å²) in [4.78, 5) is 21.3. The van der Waals surface area contributed by atoms with Crippen LogP contribution in [0.4, 0.5) is 0 Å². The van der Waals surface area contributed by atoms with Crippen molar-refractivity contribution in [3.8, 4) is 0 Å². The smallest absolute Gasteiger partial charge is 0.303 e. The summed E-state index contributed by atoms with van der Waals surface area (Å²) in [6.07, 6.45) is 1.16. The Kier molecular flexibility index (Phi) is 3.22. The van der Waals surface area contributed by atoms with E-state index in [1.54, 1.807) is 0 Å². The molecule has 4 nitrogen and oxygen atoms in total. The van der Waals surface area contributed by atoms with E-state index >= 15 is 0 Å². The van der Waals surface area contributed by atoms with Crippen molar-refractivity contribution in [1.29, 1.82) is 0 Å². The van der Waals surface area contributed by atoms with Crippen LogP contribution < -0.4 is 0 Å². The van der Waals surface area contributed by atoms with Gasteiger partial charge in [-0.3, -0.25) is 9.59 Å². The number of hydrogen-bond acceptors (Lipinski definition) is 3. The lowest BCUT2D eigenvalue weighted by atomic mass is 10.0. The van der Waals surface area contributed by atoms with Crippen LogP contribution in [0.25, 0.3) is 0 Å². The lowest BCUT2D eigenvalue weighted by Crippen LogP contribution is -2.30. The van der Waals surface area contributed by atoms with Gasteiger partial charge in [-0.05, 0) is 12.8 Å². The summed E-state index contributed by atoms with van der Waals surface area (Å²) >= 11 is 0. The van der Waals surface area contributed by atoms with Crippen molar-refractivity contribution in [2.45, 2.75) is 31.8 Å². The predicted octanol–water partition coefficient (Wildman–Crippen LogP) is 0.599. The molecule has 0 aromatic rings. The minimum atomic E-state index is -0.878. The number of carboxylic acids is 1. The largest absolute Gasteiger partial charge is 0.481 e. The molecule has 0 saturated carbocycles. The highest BCUT2D eigenvalue weighted by Crippen LogP contribution is 2.13. The summed E-state index contributed by atoms with van der Waals surface area (Å²) in [5, 5.41) is 8.36. The number of ketones is 1. The topological polar surface area (TPSA) is 63.6 Å². The molecular weight excluding hydrogens is 160 g/mol. The third kappa shape index (κ3) is 2.62. The van der Waals surface area contributed by atoms with Crippen molar-refractivity contribution < 1.29 is 19.4 Å². The van der Waals surface area contributed by atoms with Gasteiger partial charge in [0.25, 0.3) is 0 Å². The van der Waals surface area contributed by atoms with Crippen molar-refractivity contribution in [3.63, 3.8) is 0 Å². The van der Waals surface area contributed by atoms with Gasteiger partial charge in [0.05, 0.1) is 0 Å². The van der Waals surface area contributed by atoms with Crippen molar-refractivity contribution in [1.82, 2.24) is 0 Å². The van der Waals surface area contributed by atoms with Gasteiger partial charge >= 0.3 is 5.97 Å². The Morgan fingerprint density at radius 1 is 1.67 bits per heavy atom. The lowest BCUT2D eigenvalue weighted by molar-refractivity contribution is -0.140. The molecule has 1 aliphatic rings. The first kappa shape index (κ1) is 9.19. The van der Waals surface area contributed by atoms with Crippen LogP contribution in [0.2, 0.25) is 0 Å². The molecule has 1 aliphatic heterocycles. The first-order valence-electron chi connectivity index (χ1n) is 4.06. The zero-order chi connectivity index (χ0) is 8.97. The Morgan fingerprint density at radius 2 is 2.42 bits per heavy atom. The Bertz CT molecular complexity index is 187. The number of rotatable bonds is 3. The number of carbonyl (C=O) groups is 2. The Hall–Kier alpha value is -0.900. The maximum atomic E-state index is 11.1. The molecule has 1 fully saturated rings. The molecule has 1 atom stereocenters. The Labute approximate surface area is 70.5 Å². The number of carbonyl (C=O) groups excluding carboxylic acids is 1. The van der Waals surface area contributed by atoms with Gasteiger partial charge < -0.3 is 9.84 Å². The fraction of sp³-hybridized carbons (Fsp3) is 0.750. The molecule has 0 bridgehead atoms. The molecule has 0 radical (unpaired) electrons. The monoisotopic (exact) mass is 172 g/mol. The molecular formula is C8H12O4. The van der Waals surface area contributed by atoms with Crippen LogP contribution in [0.5, 0.6) is 0 Å². The SMILES string of the molecule is O=C(O)CCC1OCCCC1=O. The van der Waals surface area contributed by atoms with Crippen LogP contribution in [0, 0.1) is 0 Å². The van der Waals surface area contributed by atoms with Crippen LogP contribution in [-0.4, -0.2) is 29.6 Å².